The fourth-order valence-corrected chi connectivity index (χ4v) is 2.11. The van der Waals surface area contributed by atoms with Crippen LogP contribution >= 0.6 is 34.8 Å². The standard InChI is InChI=1S/C11H8Cl3NO2/c12-5-6-4-9(16)15(11(6)17)8-3-1-2-7(13)10(8)14/h1-4,16-17H,5H2. The molecule has 0 aliphatic rings. The summed E-state index contributed by atoms with van der Waals surface area (Å²) in [5, 5.41) is 20.2. The molecule has 0 unspecified atom stereocenters. The molecule has 2 rings (SSSR count). The largest absolute Gasteiger partial charge is 0.494 e. The SMILES string of the molecule is Oc1cc(CCl)c(O)n1-c1cccc(Cl)c1Cl. The highest BCUT2D eigenvalue weighted by Crippen LogP contribution is 2.37. The van der Waals surface area contributed by atoms with Crippen LogP contribution in [0.5, 0.6) is 11.8 Å². The molecule has 90 valence electrons. The molecule has 0 spiro atoms. The van der Waals surface area contributed by atoms with Gasteiger partial charge in [0.2, 0.25) is 5.88 Å². The van der Waals surface area contributed by atoms with Crippen LogP contribution in [0.15, 0.2) is 24.3 Å². The van der Waals surface area contributed by atoms with E-state index in [-0.39, 0.29) is 22.7 Å². The number of rotatable bonds is 2. The summed E-state index contributed by atoms with van der Waals surface area (Å²) in [6.07, 6.45) is 0. The van der Waals surface area contributed by atoms with Crippen molar-refractivity contribution in [1.82, 2.24) is 4.57 Å². The van der Waals surface area contributed by atoms with E-state index in [1.165, 1.54) is 10.6 Å². The predicted molar refractivity (Wildman–Crippen MR) is 68.7 cm³/mol. The van der Waals surface area contributed by atoms with E-state index in [0.717, 1.165) is 0 Å². The average Bonchev–Trinajstić information content (AvgIpc) is 2.58. The minimum absolute atomic E-state index is 0.0879. The first-order valence-corrected chi connectivity index (χ1v) is 5.98. The maximum atomic E-state index is 9.90. The lowest BCUT2D eigenvalue weighted by molar-refractivity contribution is 0.401. The van der Waals surface area contributed by atoms with Gasteiger partial charge in [-0.1, -0.05) is 29.3 Å². The molecule has 0 fully saturated rings. The normalized spacial score (nSPS) is 10.8. The number of hydrogen-bond donors (Lipinski definition) is 2. The highest BCUT2D eigenvalue weighted by Gasteiger charge is 2.17. The van der Waals surface area contributed by atoms with Gasteiger partial charge in [0.25, 0.3) is 0 Å². The number of nitrogens with zero attached hydrogens (tertiary/aromatic N) is 1. The number of alkyl halides is 1. The van der Waals surface area contributed by atoms with E-state index in [2.05, 4.69) is 0 Å². The third kappa shape index (κ3) is 2.06. The molecule has 1 heterocycles. The first-order chi connectivity index (χ1) is 8.06. The van der Waals surface area contributed by atoms with Crippen LogP contribution in [0.2, 0.25) is 10.0 Å². The Labute approximate surface area is 113 Å². The first-order valence-electron chi connectivity index (χ1n) is 4.69. The molecule has 0 atom stereocenters. The van der Waals surface area contributed by atoms with E-state index < -0.39 is 0 Å². The van der Waals surface area contributed by atoms with E-state index in [9.17, 15) is 10.2 Å². The van der Waals surface area contributed by atoms with Crippen LogP contribution in [0, 0.1) is 0 Å². The molecule has 1 aromatic carbocycles. The molecule has 2 aromatic rings. The fraction of sp³-hybridized carbons (Fsp3) is 0.0909. The highest BCUT2D eigenvalue weighted by atomic mass is 35.5. The van der Waals surface area contributed by atoms with E-state index in [1.807, 2.05) is 0 Å². The Kier molecular flexibility index (Phi) is 3.43. The number of aromatic nitrogens is 1. The molecular weight excluding hydrogens is 284 g/mol. The number of halogens is 3. The number of hydrogen-bond acceptors (Lipinski definition) is 2. The molecule has 2 N–H and O–H groups in total. The second-order valence-corrected chi connectivity index (χ2v) is 4.45. The Morgan fingerprint density at radius 3 is 2.47 bits per heavy atom. The summed E-state index contributed by atoms with van der Waals surface area (Å²) < 4.78 is 1.19. The van der Waals surface area contributed by atoms with Crippen molar-refractivity contribution in [3.63, 3.8) is 0 Å². The zero-order valence-electron chi connectivity index (χ0n) is 8.49. The van der Waals surface area contributed by atoms with Gasteiger partial charge in [0, 0.05) is 11.6 Å². The number of aromatic hydroxyl groups is 2. The van der Waals surface area contributed by atoms with E-state index >= 15 is 0 Å². The first kappa shape index (κ1) is 12.4. The summed E-state index contributed by atoms with van der Waals surface area (Å²) in [6.45, 7) is 0. The summed E-state index contributed by atoms with van der Waals surface area (Å²) in [4.78, 5) is 0. The molecule has 0 saturated heterocycles. The molecule has 3 nitrogen and oxygen atoms in total. The zero-order chi connectivity index (χ0) is 12.6. The third-order valence-electron chi connectivity index (χ3n) is 2.35. The van der Waals surface area contributed by atoms with Crippen molar-refractivity contribution in [3.05, 3.63) is 39.9 Å². The van der Waals surface area contributed by atoms with Gasteiger partial charge < -0.3 is 10.2 Å². The molecule has 0 saturated carbocycles. The molecule has 0 aliphatic carbocycles. The molecule has 0 amide bonds. The maximum Gasteiger partial charge on any atom is 0.203 e. The van der Waals surface area contributed by atoms with Crippen LogP contribution < -0.4 is 0 Å². The summed E-state index contributed by atoms with van der Waals surface area (Å²) in [5.74, 6) is -0.214. The molecule has 0 bridgehead atoms. The Balaban J connectivity index is 2.68. The van der Waals surface area contributed by atoms with Crippen molar-refractivity contribution in [3.8, 4) is 17.4 Å². The maximum absolute atomic E-state index is 9.90. The van der Waals surface area contributed by atoms with Crippen LogP contribution in [0.1, 0.15) is 5.56 Å². The van der Waals surface area contributed by atoms with Crippen molar-refractivity contribution < 1.29 is 10.2 Å². The van der Waals surface area contributed by atoms with Gasteiger partial charge in [-0.2, -0.15) is 0 Å². The van der Waals surface area contributed by atoms with E-state index in [0.29, 0.717) is 16.3 Å². The van der Waals surface area contributed by atoms with Crippen LogP contribution in [0.25, 0.3) is 5.69 Å². The molecule has 6 heteroatoms. The van der Waals surface area contributed by atoms with Gasteiger partial charge in [0.1, 0.15) is 0 Å². The molecule has 17 heavy (non-hydrogen) atoms. The summed E-state index contributed by atoms with van der Waals surface area (Å²) in [7, 11) is 0. The van der Waals surface area contributed by atoms with E-state index in [4.69, 9.17) is 34.8 Å². The molecule has 0 aliphatic heterocycles. The fourth-order valence-electron chi connectivity index (χ4n) is 1.54. The molecular formula is C11H8Cl3NO2. The van der Waals surface area contributed by atoms with Crippen molar-refractivity contribution in [2.45, 2.75) is 5.88 Å². The topological polar surface area (TPSA) is 45.4 Å². The van der Waals surface area contributed by atoms with Crippen molar-refractivity contribution in [2.24, 2.45) is 0 Å². The van der Waals surface area contributed by atoms with Gasteiger partial charge in [0.05, 0.1) is 21.6 Å². The third-order valence-corrected chi connectivity index (χ3v) is 3.44. The average molecular weight is 293 g/mol. The Morgan fingerprint density at radius 1 is 1.18 bits per heavy atom. The lowest BCUT2D eigenvalue weighted by Crippen LogP contribution is -1.94. The molecule has 0 radical (unpaired) electrons. The Hall–Kier alpha value is -1.03. The minimum Gasteiger partial charge on any atom is -0.494 e. The van der Waals surface area contributed by atoms with Crippen LogP contribution in [-0.4, -0.2) is 14.8 Å². The number of benzene rings is 1. The van der Waals surface area contributed by atoms with Gasteiger partial charge in [-0.25, -0.2) is 4.57 Å². The van der Waals surface area contributed by atoms with Crippen LogP contribution in [-0.2, 0) is 5.88 Å². The van der Waals surface area contributed by atoms with Crippen molar-refractivity contribution >= 4 is 34.8 Å². The second-order valence-electron chi connectivity index (χ2n) is 3.39. The highest BCUT2D eigenvalue weighted by molar-refractivity contribution is 6.43. The summed E-state index contributed by atoms with van der Waals surface area (Å²) >= 11 is 17.5. The van der Waals surface area contributed by atoms with Gasteiger partial charge in [-0.15, -0.1) is 11.6 Å². The van der Waals surface area contributed by atoms with Gasteiger partial charge in [-0.3, -0.25) is 0 Å². The van der Waals surface area contributed by atoms with Crippen LogP contribution in [0.3, 0.4) is 0 Å². The molecule has 1 aromatic heterocycles. The van der Waals surface area contributed by atoms with Crippen molar-refractivity contribution in [2.75, 3.05) is 0 Å². The van der Waals surface area contributed by atoms with Gasteiger partial charge in [0.15, 0.2) is 5.88 Å². The van der Waals surface area contributed by atoms with Crippen LogP contribution in [0.4, 0.5) is 0 Å². The Morgan fingerprint density at radius 2 is 1.88 bits per heavy atom. The zero-order valence-corrected chi connectivity index (χ0v) is 10.8. The van der Waals surface area contributed by atoms with Crippen molar-refractivity contribution in [1.29, 1.82) is 0 Å². The predicted octanol–water partition coefficient (Wildman–Crippen LogP) is 3.93. The quantitative estimate of drug-likeness (QED) is 0.824. The second kappa shape index (κ2) is 4.69. The smallest absolute Gasteiger partial charge is 0.203 e. The van der Waals surface area contributed by atoms with E-state index in [1.54, 1.807) is 18.2 Å². The summed E-state index contributed by atoms with van der Waals surface area (Å²) in [5.41, 5.74) is 0.811. The Bertz CT molecular complexity index is 566. The lowest BCUT2D eigenvalue weighted by atomic mass is 10.3. The lowest BCUT2D eigenvalue weighted by Gasteiger charge is -2.09. The summed E-state index contributed by atoms with van der Waals surface area (Å²) in [6, 6.07) is 6.29. The van der Waals surface area contributed by atoms with Gasteiger partial charge >= 0.3 is 0 Å². The minimum atomic E-state index is -0.151. The van der Waals surface area contributed by atoms with Gasteiger partial charge in [-0.05, 0) is 12.1 Å². The monoisotopic (exact) mass is 291 g/mol.